The molecule has 2 atom stereocenters. The predicted octanol–water partition coefficient (Wildman–Crippen LogP) is 1.00. The summed E-state index contributed by atoms with van der Waals surface area (Å²) >= 11 is 0. The van der Waals surface area contributed by atoms with Crippen molar-refractivity contribution >= 4 is 22.3 Å². The standard InChI is InChI=1S/C11H17N5OS/c1-8(18(3)17)4-5-12-10-11-15-14-9(2)16(11)7-6-13-10/h6-8H,4-5H2,1-3H3,(H,12,13). The molecule has 0 aliphatic rings. The number of rotatable bonds is 5. The van der Waals surface area contributed by atoms with E-state index in [9.17, 15) is 4.21 Å². The van der Waals surface area contributed by atoms with Crippen molar-refractivity contribution in [2.24, 2.45) is 0 Å². The van der Waals surface area contributed by atoms with Crippen molar-refractivity contribution in [3.05, 3.63) is 18.2 Å². The van der Waals surface area contributed by atoms with Crippen LogP contribution in [0.25, 0.3) is 5.65 Å². The van der Waals surface area contributed by atoms with Gasteiger partial charge in [0.05, 0.1) is 0 Å². The number of fused-ring (bicyclic) bond motifs is 1. The molecular formula is C11H17N5OS. The number of nitrogens with one attached hydrogen (secondary N) is 1. The van der Waals surface area contributed by atoms with Crippen LogP contribution in [0.2, 0.25) is 0 Å². The van der Waals surface area contributed by atoms with Crippen LogP contribution in [0.15, 0.2) is 12.4 Å². The minimum Gasteiger partial charge on any atom is -0.367 e. The highest BCUT2D eigenvalue weighted by atomic mass is 32.2. The summed E-state index contributed by atoms with van der Waals surface area (Å²) in [4.78, 5) is 4.25. The Hall–Kier alpha value is -1.50. The van der Waals surface area contributed by atoms with Crippen molar-refractivity contribution in [2.75, 3.05) is 18.1 Å². The van der Waals surface area contributed by atoms with E-state index in [4.69, 9.17) is 0 Å². The van der Waals surface area contributed by atoms with E-state index in [2.05, 4.69) is 20.5 Å². The number of aryl methyl sites for hydroxylation is 1. The Morgan fingerprint density at radius 2 is 2.28 bits per heavy atom. The molecule has 0 spiro atoms. The van der Waals surface area contributed by atoms with Gasteiger partial charge < -0.3 is 5.32 Å². The molecule has 2 rings (SSSR count). The third-order valence-electron chi connectivity index (χ3n) is 2.91. The van der Waals surface area contributed by atoms with Gasteiger partial charge >= 0.3 is 0 Å². The zero-order valence-electron chi connectivity index (χ0n) is 10.8. The first-order valence-electron chi connectivity index (χ1n) is 5.82. The van der Waals surface area contributed by atoms with Crippen LogP contribution < -0.4 is 5.32 Å². The molecule has 6 nitrogen and oxygen atoms in total. The van der Waals surface area contributed by atoms with E-state index in [-0.39, 0.29) is 5.25 Å². The van der Waals surface area contributed by atoms with Gasteiger partial charge in [-0.2, -0.15) is 0 Å². The molecule has 0 aliphatic heterocycles. The van der Waals surface area contributed by atoms with Crippen LogP contribution in [0.3, 0.4) is 0 Å². The molecule has 7 heteroatoms. The van der Waals surface area contributed by atoms with E-state index in [1.54, 1.807) is 12.5 Å². The first-order valence-corrected chi connectivity index (χ1v) is 7.44. The number of hydrogen-bond acceptors (Lipinski definition) is 5. The van der Waals surface area contributed by atoms with Crippen molar-refractivity contribution in [3.63, 3.8) is 0 Å². The van der Waals surface area contributed by atoms with Crippen LogP contribution in [0.5, 0.6) is 0 Å². The molecule has 0 amide bonds. The van der Waals surface area contributed by atoms with Gasteiger partial charge in [-0.1, -0.05) is 6.92 Å². The highest BCUT2D eigenvalue weighted by Gasteiger charge is 2.09. The Balaban J connectivity index is 2.06. The Labute approximate surface area is 108 Å². The van der Waals surface area contributed by atoms with Crippen LogP contribution in [0, 0.1) is 6.92 Å². The lowest BCUT2D eigenvalue weighted by molar-refractivity contribution is 0.672. The SMILES string of the molecule is Cc1nnc2c(NCCC(C)S(C)=O)nccn12. The molecule has 0 aromatic carbocycles. The molecule has 2 unspecified atom stereocenters. The molecule has 0 fully saturated rings. The lowest BCUT2D eigenvalue weighted by Gasteiger charge is -2.09. The molecule has 2 heterocycles. The fraction of sp³-hybridized carbons (Fsp3) is 0.545. The molecule has 1 N–H and O–H groups in total. The lowest BCUT2D eigenvalue weighted by atomic mass is 10.3. The summed E-state index contributed by atoms with van der Waals surface area (Å²) in [5, 5.41) is 11.5. The van der Waals surface area contributed by atoms with Gasteiger partial charge in [-0.3, -0.25) is 8.61 Å². The summed E-state index contributed by atoms with van der Waals surface area (Å²) in [5.74, 6) is 1.55. The number of aromatic nitrogens is 4. The Morgan fingerprint density at radius 3 is 3.00 bits per heavy atom. The largest absolute Gasteiger partial charge is 0.367 e. The van der Waals surface area contributed by atoms with Crippen molar-refractivity contribution in [1.82, 2.24) is 19.6 Å². The van der Waals surface area contributed by atoms with E-state index in [0.717, 1.165) is 24.4 Å². The van der Waals surface area contributed by atoms with Gasteiger partial charge in [0, 0.05) is 41.2 Å². The van der Waals surface area contributed by atoms with Crippen LogP contribution in [-0.2, 0) is 10.8 Å². The topological polar surface area (TPSA) is 72.2 Å². The van der Waals surface area contributed by atoms with Crippen molar-refractivity contribution in [1.29, 1.82) is 0 Å². The van der Waals surface area contributed by atoms with Crippen LogP contribution in [0.1, 0.15) is 19.2 Å². The first-order chi connectivity index (χ1) is 8.59. The van der Waals surface area contributed by atoms with E-state index >= 15 is 0 Å². The molecule has 0 saturated heterocycles. The van der Waals surface area contributed by atoms with Crippen molar-refractivity contribution in [3.8, 4) is 0 Å². The Kier molecular flexibility index (Phi) is 3.90. The molecule has 0 saturated carbocycles. The molecular weight excluding hydrogens is 250 g/mol. The smallest absolute Gasteiger partial charge is 0.203 e. The third kappa shape index (κ3) is 2.66. The van der Waals surface area contributed by atoms with E-state index < -0.39 is 10.8 Å². The first kappa shape index (κ1) is 12.9. The summed E-state index contributed by atoms with van der Waals surface area (Å²) in [7, 11) is -0.785. The van der Waals surface area contributed by atoms with E-state index in [1.807, 2.05) is 24.4 Å². The average Bonchev–Trinajstić information content (AvgIpc) is 2.72. The van der Waals surface area contributed by atoms with Crippen LogP contribution in [0.4, 0.5) is 5.82 Å². The maximum Gasteiger partial charge on any atom is 0.203 e. The average molecular weight is 267 g/mol. The van der Waals surface area contributed by atoms with Crippen LogP contribution >= 0.6 is 0 Å². The second-order valence-electron chi connectivity index (χ2n) is 4.24. The minimum atomic E-state index is -0.785. The van der Waals surface area contributed by atoms with Crippen molar-refractivity contribution in [2.45, 2.75) is 25.5 Å². The molecule has 18 heavy (non-hydrogen) atoms. The van der Waals surface area contributed by atoms with Gasteiger partial charge in [-0.15, -0.1) is 10.2 Å². The van der Waals surface area contributed by atoms with Gasteiger partial charge in [0.1, 0.15) is 5.82 Å². The summed E-state index contributed by atoms with van der Waals surface area (Å²) in [6.45, 7) is 4.60. The molecule has 98 valence electrons. The molecule has 0 radical (unpaired) electrons. The van der Waals surface area contributed by atoms with E-state index in [1.165, 1.54) is 0 Å². The van der Waals surface area contributed by atoms with Gasteiger partial charge in [0.15, 0.2) is 5.82 Å². The highest BCUT2D eigenvalue weighted by molar-refractivity contribution is 7.84. The number of nitrogens with zero attached hydrogens (tertiary/aromatic N) is 4. The molecule has 2 aromatic rings. The number of anilines is 1. The maximum atomic E-state index is 11.2. The number of hydrogen-bond donors (Lipinski definition) is 1. The summed E-state index contributed by atoms with van der Waals surface area (Å²) in [6, 6.07) is 0. The second kappa shape index (κ2) is 5.43. The Morgan fingerprint density at radius 1 is 1.50 bits per heavy atom. The summed E-state index contributed by atoms with van der Waals surface area (Å²) in [5.41, 5.74) is 0.722. The molecule has 0 aliphatic carbocycles. The second-order valence-corrected chi connectivity index (χ2v) is 6.04. The third-order valence-corrected chi connectivity index (χ3v) is 4.28. The Bertz CT molecular complexity index is 568. The normalized spacial score (nSPS) is 14.6. The predicted molar refractivity (Wildman–Crippen MR) is 72.2 cm³/mol. The quantitative estimate of drug-likeness (QED) is 0.875. The maximum absolute atomic E-state index is 11.2. The fourth-order valence-corrected chi connectivity index (χ4v) is 2.08. The van der Waals surface area contributed by atoms with Crippen LogP contribution in [-0.4, -0.2) is 41.8 Å². The van der Waals surface area contributed by atoms with E-state index in [0.29, 0.717) is 5.82 Å². The zero-order chi connectivity index (χ0) is 13.1. The summed E-state index contributed by atoms with van der Waals surface area (Å²) in [6.07, 6.45) is 6.11. The monoisotopic (exact) mass is 267 g/mol. The van der Waals surface area contributed by atoms with Gasteiger partial charge in [0.2, 0.25) is 5.65 Å². The molecule has 2 aromatic heterocycles. The molecule has 0 bridgehead atoms. The van der Waals surface area contributed by atoms with Gasteiger partial charge in [-0.25, -0.2) is 4.98 Å². The highest BCUT2D eigenvalue weighted by Crippen LogP contribution is 2.12. The summed E-state index contributed by atoms with van der Waals surface area (Å²) < 4.78 is 13.1. The van der Waals surface area contributed by atoms with Gasteiger partial charge in [-0.05, 0) is 13.3 Å². The fourth-order valence-electron chi connectivity index (χ4n) is 1.63. The zero-order valence-corrected chi connectivity index (χ0v) is 11.6. The lowest BCUT2D eigenvalue weighted by Crippen LogP contribution is -2.15. The van der Waals surface area contributed by atoms with Crippen molar-refractivity contribution < 1.29 is 4.21 Å². The van der Waals surface area contributed by atoms with Gasteiger partial charge in [0.25, 0.3) is 0 Å². The minimum absolute atomic E-state index is 0.178.